The van der Waals surface area contributed by atoms with Gasteiger partial charge in [0.25, 0.3) is 0 Å². The molecule has 6 heteroatoms. The molecule has 1 aliphatic heterocycles. The lowest BCUT2D eigenvalue weighted by atomic mass is 10.1. The van der Waals surface area contributed by atoms with Crippen LogP contribution in [0.25, 0.3) is 0 Å². The van der Waals surface area contributed by atoms with Crippen molar-refractivity contribution < 1.29 is 18.3 Å². The molecule has 0 radical (unpaired) electrons. The van der Waals surface area contributed by atoms with Crippen molar-refractivity contribution >= 4 is 21.7 Å². The highest BCUT2D eigenvalue weighted by molar-refractivity contribution is 7.92. The Balaban J connectivity index is 2.04. The summed E-state index contributed by atoms with van der Waals surface area (Å²) in [5.41, 5.74) is 2.04. The van der Waals surface area contributed by atoms with Gasteiger partial charge in [0.05, 0.1) is 23.5 Å². The zero-order chi connectivity index (χ0) is 15.0. The lowest BCUT2D eigenvalue weighted by Crippen LogP contribution is -2.26. The number of rotatable bonds is 3. The number of aromatic carboxylic acids is 1. The second-order valence-electron chi connectivity index (χ2n) is 4.90. The largest absolute Gasteiger partial charge is 0.478 e. The summed E-state index contributed by atoms with van der Waals surface area (Å²) in [6.45, 7) is 0.208. The first-order valence-electron chi connectivity index (χ1n) is 6.38. The first-order chi connectivity index (χ1) is 9.97. The third-order valence-electron chi connectivity index (χ3n) is 3.44. The van der Waals surface area contributed by atoms with Crippen LogP contribution in [-0.4, -0.2) is 19.5 Å². The number of hydrogen-bond acceptors (Lipinski definition) is 3. The fraction of sp³-hybridized carbons (Fsp3) is 0.133. The first-order valence-corrected chi connectivity index (χ1v) is 7.99. The van der Waals surface area contributed by atoms with Crippen LogP contribution in [0.3, 0.4) is 0 Å². The number of carboxylic acid groups (broad SMARTS) is 1. The molecule has 3 rings (SSSR count). The van der Waals surface area contributed by atoms with Crippen LogP contribution in [0.15, 0.2) is 48.5 Å². The number of carboxylic acids is 1. The van der Waals surface area contributed by atoms with Crippen LogP contribution < -0.4 is 4.31 Å². The van der Waals surface area contributed by atoms with Crippen molar-refractivity contribution in [2.24, 2.45) is 0 Å². The molecule has 1 N–H and O–H groups in total. The predicted octanol–water partition coefficient (Wildman–Crippen LogP) is 2.23. The first kappa shape index (κ1) is 13.6. The van der Waals surface area contributed by atoms with E-state index in [0.717, 1.165) is 5.56 Å². The van der Waals surface area contributed by atoms with E-state index < -0.39 is 16.0 Å². The van der Waals surface area contributed by atoms with Gasteiger partial charge in [-0.3, -0.25) is 4.31 Å². The number of sulfonamides is 1. The summed E-state index contributed by atoms with van der Waals surface area (Å²) in [6, 6.07) is 13.6. The highest BCUT2D eigenvalue weighted by Crippen LogP contribution is 2.35. The standard InChI is InChI=1S/C15H13NO4S/c17-15(18)12-6-7-13-10-21(19,20)16(14(13)8-12)9-11-4-2-1-3-5-11/h1-8H,9-10H2,(H,17,18). The van der Waals surface area contributed by atoms with Gasteiger partial charge in [-0.1, -0.05) is 36.4 Å². The highest BCUT2D eigenvalue weighted by atomic mass is 32.2. The summed E-state index contributed by atoms with van der Waals surface area (Å²) in [6.07, 6.45) is 0. The molecule has 0 bridgehead atoms. The smallest absolute Gasteiger partial charge is 0.335 e. The summed E-state index contributed by atoms with van der Waals surface area (Å²) in [5.74, 6) is -1.16. The quantitative estimate of drug-likeness (QED) is 0.943. The lowest BCUT2D eigenvalue weighted by Gasteiger charge is -2.18. The third kappa shape index (κ3) is 2.50. The molecule has 1 aliphatic rings. The van der Waals surface area contributed by atoms with Gasteiger partial charge in [-0.05, 0) is 23.3 Å². The van der Waals surface area contributed by atoms with Gasteiger partial charge in [-0.2, -0.15) is 0 Å². The number of benzene rings is 2. The van der Waals surface area contributed by atoms with Crippen molar-refractivity contribution in [3.63, 3.8) is 0 Å². The molecular weight excluding hydrogens is 290 g/mol. The fourth-order valence-corrected chi connectivity index (χ4v) is 4.02. The molecule has 21 heavy (non-hydrogen) atoms. The van der Waals surface area contributed by atoms with Crippen LogP contribution in [0.5, 0.6) is 0 Å². The molecule has 0 aromatic heterocycles. The molecule has 0 fully saturated rings. The van der Waals surface area contributed by atoms with Crippen molar-refractivity contribution in [1.29, 1.82) is 0 Å². The van der Waals surface area contributed by atoms with E-state index in [2.05, 4.69) is 0 Å². The van der Waals surface area contributed by atoms with Crippen LogP contribution in [0.2, 0.25) is 0 Å². The number of nitrogens with zero attached hydrogens (tertiary/aromatic N) is 1. The van der Waals surface area contributed by atoms with Gasteiger partial charge in [0, 0.05) is 0 Å². The molecule has 0 atom stereocenters. The van der Waals surface area contributed by atoms with Gasteiger partial charge in [0.1, 0.15) is 0 Å². The van der Waals surface area contributed by atoms with Crippen molar-refractivity contribution in [3.05, 3.63) is 65.2 Å². The summed E-state index contributed by atoms with van der Waals surface area (Å²) in [7, 11) is -3.45. The van der Waals surface area contributed by atoms with E-state index in [4.69, 9.17) is 5.11 Å². The molecule has 0 amide bonds. The van der Waals surface area contributed by atoms with Crippen LogP contribution >= 0.6 is 0 Å². The maximum atomic E-state index is 12.3. The molecule has 1 heterocycles. The van der Waals surface area contributed by atoms with E-state index in [1.165, 1.54) is 16.4 Å². The van der Waals surface area contributed by atoms with Gasteiger partial charge in [-0.15, -0.1) is 0 Å². The molecular formula is C15H13NO4S. The summed E-state index contributed by atoms with van der Waals surface area (Å²) in [4.78, 5) is 11.1. The van der Waals surface area contributed by atoms with Gasteiger partial charge < -0.3 is 5.11 Å². The molecule has 0 saturated carbocycles. The number of carbonyl (C=O) groups is 1. The molecule has 0 unspecified atom stereocenters. The minimum Gasteiger partial charge on any atom is -0.478 e. The Morgan fingerprint density at radius 3 is 2.52 bits per heavy atom. The second-order valence-corrected chi connectivity index (χ2v) is 6.79. The van der Waals surface area contributed by atoms with Crippen LogP contribution in [0.1, 0.15) is 21.5 Å². The topological polar surface area (TPSA) is 74.7 Å². The third-order valence-corrected chi connectivity index (χ3v) is 5.12. The minimum absolute atomic E-state index is 0.0870. The maximum absolute atomic E-state index is 12.3. The van der Waals surface area contributed by atoms with E-state index in [9.17, 15) is 13.2 Å². The monoisotopic (exact) mass is 303 g/mol. The van der Waals surface area contributed by atoms with Crippen molar-refractivity contribution in [1.82, 2.24) is 0 Å². The van der Waals surface area contributed by atoms with E-state index >= 15 is 0 Å². The van der Waals surface area contributed by atoms with Gasteiger partial charge in [-0.25, -0.2) is 13.2 Å². The number of fused-ring (bicyclic) bond motifs is 1. The number of hydrogen-bond donors (Lipinski definition) is 1. The van der Waals surface area contributed by atoms with Gasteiger partial charge >= 0.3 is 5.97 Å². The zero-order valence-corrected chi connectivity index (χ0v) is 11.9. The molecule has 2 aromatic carbocycles. The second kappa shape index (κ2) is 4.89. The number of anilines is 1. The van der Waals surface area contributed by atoms with Crippen LogP contribution in [0, 0.1) is 0 Å². The average molecular weight is 303 g/mol. The lowest BCUT2D eigenvalue weighted by molar-refractivity contribution is 0.0697. The summed E-state index contributed by atoms with van der Waals surface area (Å²) in [5, 5.41) is 9.05. The van der Waals surface area contributed by atoms with Crippen LogP contribution in [-0.2, 0) is 22.3 Å². The molecule has 2 aromatic rings. The molecule has 108 valence electrons. The van der Waals surface area contributed by atoms with Crippen molar-refractivity contribution in [3.8, 4) is 0 Å². The average Bonchev–Trinajstić information content (AvgIpc) is 2.70. The van der Waals surface area contributed by atoms with Gasteiger partial charge in [0.2, 0.25) is 10.0 Å². The Labute approximate surface area is 122 Å². The Hall–Kier alpha value is -2.34. The van der Waals surface area contributed by atoms with Gasteiger partial charge in [0.15, 0.2) is 0 Å². The van der Waals surface area contributed by atoms with Crippen molar-refractivity contribution in [2.45, 2.75) is 12.3 Å². The summed E-state index contributed by atoms with van der Waals surface area (Å²) < 4.78 is 25.8. The zero-order valence-electron chi connectivity index (χ0n) is 11.1. The van der Waals surface area contributed by atoms with E-state index in [-0.39, 0.29) is 17.9 Å². The molecule has 0 saturated heterocycles. The van der Waals surface area contributed by atoms with E-state index in [0.29, 0.717) is 11.3 Å². The Morgan fingerprint density at radius 1 is 1.14 bits per heavy atom. The minimum atomic E-state index is -3.45. The van der Waals surface area contributed by atoms with E-state index in [1.807, 2.05) is 30.3 Å². The fourth-order valence-electron chi connectivity index (χ4n) is 2.41. The Bertz CT molecular complexity index is 800. The predicted molar refractivity (Wildman–Crippen MR) is 78.7 cm³/mol. The highest BCUT2D eigenvalue weighted by Gasteiger charge is 2.33. The van der Waals surface area contributed by atoms with Crippen LogP contribution in [0.4, 0.5) is 5.69 Å². The molecule has 0 aliphatic carbocycles. The molecule has 5 nitrogen and oxygen atoms in total. The Morgan fingerprint density at radius 2 is 1.86 bits per heavy atom. The molecule has 0 spiro atoms. The summed E-state index contributed by atoms with van der Waals surface area (Å²) >= 11 is 0. The van der Waals surface area contributed by atoms with Crippen molar-refractivity contribution in [2.75, 3.05) is 4.31 Å². The Kier molecular flexibility index (Phi) is 3.17. The van der Waals surface area contributed by atoms with E-state index in [1.54, 1.807) is 6.07 Å². The SMILES string of the molecule is O=C(O)c1ccc2c(c1)N(Cc1ccccc1)S(=O)(=O)C2. The maximum Gasteiger partial charge on any atom is 0.335 e. The normalized spacial score (nSPS) is 15.7.